The summed E-state index contributed by atoms with van der Waals surface area (Å²) in [5.74, 6) is -0.144. The van der Waals surface area contributed by atoms with E-state index in [1.54, 1.807) is 24.3 Å². The first-order valence-electron chi connectivity index (χ1n) is 5.92. The van der Waals surface area contributed by atoms with Crippen LogP contribution in [-0.2, 0) is 0 Å². The third kappa shape index (κ3) is 3.75. The van der Waals surface area contributed by atoms with Gasteiger partial charge in [-0.1, -0.05) is 18.2 Å². The number of alkyl halides is 3. The van der Waals surface area contributed by atoms with E-state index in [0.29, 0.717) is 23.0 Å². The Kier molecular flexibility index (Phi) is 4.16. The molecule has 110 valence electrons. The van der Waals surface area contributed by atoms with Crippen LogP contribution in [0, 0.1) is 0 Å². The molecule has 21 heavy (non-hydrogen) atoms. The minimum atomic E-state index is -4.76. The van der Waals surface area contributed by atoms with Crippen molar-refractivity contribution in [1.82, 2.24) is 0 Å². The lowest BCUT2D eigenvalue weighted by molar-refractivity contribution is -0.274. The molecule has 0 aliphatic carbocycles. The summed E-state index contributed by atoms with van der Waals surface area (Å²) < 4.78 is 45.5. The monoisotopic (exact) mass is 296 g/mol. The molecule has 0 bridgehead atoms. The van der Waals surface area contributed by atoms with Crippen LogP contribution in [0.5, 0.6) is 11.5 Å². The third-order valence-corrected chi connectivity index (χ3v) is 2.74. The molecule has 0 aliphatic heterocycles. The van der Waals surface area contributed by atoms with Crippen molar-refractivity contribution in [3.63, 3.8) is 0 Å². The van der Waals surface area contributed by atoms with Crippen molar-refractivity contribution in [3.8, 4) is 22.6 Å². The summed E-state index contributed by atoms with van der Waals surface area (Å²) >= 11 is 0. The fourth-order valence-corrected chi connectivity index (χ4v) is 1.89. The number of aldehydes is 1. The van der Waals surface area contributed by atoms with E-state index in [4.69, 9.17) is 4.74 Å². The maximum Gasteiger partial charge on any atom is 0.573 e. The molecule has 6 heteroatoms. The molecule has 0 heterocycles. The van der Waals surface area contributed by atoms with Gasteiger partial charge in [0, 0.05) is 17.2 Å². The average Bonchev–Trinajstić information content (AvgIpc) is 2.45. The van der Waals surface area contributed by atoms with Crippen molar-refractivity contribution < 1.29 is 27.4 Å². The second-order valence-corrected chi connectivity index (χ2v) is 4.15. The number of hydrogen-bond donors (Lipinski definition) is 0. The zero-order valence-corrected chi connectivity index (χ0v) is 11.0. The van der Waals surface area contributed by atoms with Gasteiger partial charge in [0.15, 0.2) is 0 Å². The van der Waals surface area contributed by atoms with Crippen LogP contribution in [0.1, 0.15) is 10.4 Å². The van der Waals surface area contributed by atoms with Crippen molar-refractivity contribution in [1.29, 1.82) is 0 Å². The second kappa shape index (κ2) is 5.87. The van der Waals surface area contributed by atoms with Crippen molar-refractivity contribution in [3.05, 3.63) is 48.0 Å². The number of benzene rings is 2. The van der Waals surface area contributed by atoms with E-state index in [9.17, 15) is 18.0 Å². The number of carbonyl (C=O) groups is 1. The first kappa shape index (κ1) is 14.9. The van der Waals surface area contributed by atoms with Crippen molar-refractivity contribution >= 4 is 6.29 Å². The highest BCUT2D eigenvalue weighted by molar-refractivity contribution is 5.80. The van der Waals surface area contributed by atoms with E-state index in [0.717, 1.165) is 6.07 Å². The lowest BCUT2D eigenvalue weighted by Gasteiger charge is -2.13. The molecule has 0 aliphatic rings. The maximum absolute atomic E-state index is 12.2. The summed E-state index contributed by atoms with van der Waals surface area (Å²) in [7, 11) is 1.35. The molecule has 0 spiro atoms. The van der Waals surface area contributed by atoms with Gasteiger partial charge >= 0.3 is 6.36 Å². The molecule has 0 radical (unpaired) electrons. The second-order valence-electron chi connectivity index (χ2n) is 4.15. The molecule has 0 aromatic heterocycles. The SMILES string of the molecule is COc1cc(OC(F)(F)F)ccc1-c1cccc(C=O)c1. The molecule has 0 unspecified atom stereocenters. The molecule has 0 saturated heterocycles. The standard InChI is InChI=1S/C15H11F3O3/c1-20-14-8-12(21-15(16,17)18)5-6-13(14)11-4-2-3-10(7-11)9-19/h2-9H,1H3. The highest BCUT2D eigenvalue weighted by atomic mass is 19.4. The van der Waals surface area contributed by atoms with Crippen molar-refractivity contribution in [2.75, 3.05) is 7.11 Å². The van der Waals surface area contributed by atoms with Crippen molar-refractivity contribution in [2.45, 2.75) is 6.36 Å². The fraction of sp³-hybridized carbons (Fsp3) is 0.133. The van der Waals surface area contributed by atoms with E-state index in [2.05, 4.69) is 4.74 Å². The predicted molar refractivity (Wildman–Crippen MR) is 70.5 cm³/mol. The minimum absolute atomic E-state index is 0.222. The highest BCUT2D eigenvalue weighted by Crippen LogP contribution is 2.35. The smallest absolute Gasteiger partial charge is 0.496 e. The van der Waals surface area contributed by atoms with Crippen LogP contribution in [-0.4, -0.2) is 19.8 Å². The van der Waals surface area contributed by atoms with E-state index in [1.165, 1.54) is 19.2 Å². The van der Waals surface area contributed by atoms with Gasteiger partial charge in [-0.05, 0) is 23.8 Å². The third-order valence-electron chi connectivity index (χ3n) is 2.74. The molecule has 2 rings (SSSR count). The molecule has 0 amide bonds. The Labute approximate surface area is 118 Å². The average molecular weight is 296 g/mol. The Bertz CT molecular complexity index is 651. The topological polar surface area (TPSA) is 35.5 Å². The summed E-state index contributed by atoms with van der Waals surface area (Å²) in [5.41, 5.74) is 1.69. The van der Waals surface area contributed by atoms with Crippen LogP contribution in [0.2, 0.25) is 0 Å². The Balaban J connectivity index is 2.42. The molecule has 3 nitrogen and oxygen atoms in total. The molecule has 2 aromatic carbocycles. The zero-order chi connectivity index (χ0) is 15.5. The van der Waals surface area contributed by atoms with Gasteiger partial charge in [0.05, 0.1) is 7.11 Å². The summed E-state index contributed by atoms with van der Waals surface area (Å²) in [6.07, 6.45) is -4.07. The molecular weight excluding hydrogens is 285 g/mol. The highest BCUT2D eigenvalue weighted by Gasteiger charge is 2.31. The number of carbonyl (C=O) groups excluding carboxylic acids is 1. The van der Waals surface area contributed by atoms with Gasteiger partial charge in [0.1, 0.15) is 17.8 Å². The lowest BCUT2D eigenvalue weighted by Crippen LogP contribution is -2.17. The van der Waals surface area contributed by atoms with Gasteiger partial charge in [0.2, 0.25) is 0 Å². The van der Waals surface area contributed by atoms with Crippen LogP contribution < -0.4 is 9.47 Å². The Morgan fingerprint density at radius 2 is 1.86 bits per heavy atom. The van der Waals surface area contributed by atoms with Gasteiger partial charge in [-0.25, -0.2) is 0 Å². The Morgan fingerprint density at radius 1 is 1.10 bits per heavy atom. The van der Waals surface area contributed by atoms with Gasteiger partial charge in [-0.3, -0.25) is 4.79 Å². The molecule has 2 aromatic rings. The molecule has 0 N–H and O–H groups in total. The van der Waals surface area contributed by atoms with Gasteiger partial charge in [-0.2, -0.15) is 0 Å². The van der Waals surface area contributed by atoms with Crippen molar-refractivity contribution in [2.24, 2.45) is 0 Å². The fourth-order valence-electron chi connectivity index (χ4n) is 1.89. The van der Waals surface area contributed by atoms with Crippen LogP contribution in [0.4, 0.5) is 13.2 Å². The molecule has 0 atom stereocenters. The first-order valence-corrected chi connectivity index (χ1v) is 5.92. The number of ether oxygens (including phenoxy) is 2. The van der Waals surface area contributed by atoms with Gasteiger partial charge in [-0.15, -0.1) is 13.2 Å². The Hall–Kier alpha value is -2.50. The quantitative estimate of drug-likeness (QED) is 0.798. The van der Waals surface area contributed by atoms with E-state index in [1.807, 2.05) is 0 Å². The minimum Gasteiger partial charge on any atom is -0.496 e. The van der Waals surface area contributed by atoms with Crippen LogP contribution in [0.15, 0.2) is 42.5 Å². The Morgan fingerprint density at radius 3 is 2.48 bits per heavy atom. The molecule has 0 saturated carbocycles. The molecule has 0 fully saturated rings. The summed E-state index contributed by atoms with van der Waals surface area (Å²) in [4.78, 5) is 10.8. The number of rotatable bonds is 4. The van der Waals surface area contributed by atoms with Crippen LogP contribution >= 0.6 is 0 Å². The van der Waals surface area contributed by atoms with Gasteiger partial charge < -0.3 is 9.47 Å². The number of halogens is 3. The summed E-state index contributed by atoms with van der Waals surface area (Å²) in [5, 5.41) is 0. The predicted octanol–water partition coefficient (Wildman–Crippen LogP) is 4.07. The normalized spacial score (nSPS) is 11.0. The number of methoxy groups -OCH3 is 1. The van der Waals surface area contributed by atoms with Crippen LogP contribution in [0.25, 0.3) is 11.1 Å². The largest absolute Gasteiger partial charge is 0.573 e. The lowest BCUT2D eigenvalue weighted by atomic mass is 10.0. The first-order chi connectivity index (χ1) is 9.93. The number of hydrogen-bond acceptors (Lipinski definition) is 3. The van der Waals surface area contributed by atoms with E-state index >= 15 is 0 Å². The summed E-state index contributed by atoms with van der Waals surface area (Å²) in [6.45, 7) is 0. The molecular formula is C15H11F3O3. The van der Waals surface area contributed by atoms with E-state index in [-0.39, 0.29) is 11.5 Å². The van der Waals surface area contributed by atoms with Gasteiger partial charge in [0.25, 0.3) is 0 Å². The maximum atomic E-state index is 12.2. The van der Waals surface area contributed by atoms with Crippen LogP contribution in [0.3, 0.4) is 0 Å². The van der Waals surface area contributed by atoms with E-state index < -0.39 is 6.36 Å². The zero-order valence-electron chi connectivity index (χ0n) is 11.0. The summed E-state index contributed by atoms with van der Waals surface area (Å²) in [6, 6.07) is 10.5.